The van der Waals surface area contributed by atoms with Crippen LogP contribution in [0.25, 0.3) is 16.8 Å². The highest BCUT2D eigenvalue weighted by molar-refractivity contribution is 5.99. The van der Waals surface area contributed by atoms with Crippen molar-refractivity contribution in [2.24, 2.45) is 0 Å². The van der Waals surface area contributed by atoms with E-state index in [1.54, 1.807) is 36.4 Å². The Kier molecular flexibility index (Phi) is 6.21. The predicted octanol–water partition coefficient (Wildman–Crippen LogP) is 3.88. The summed E-state index contributed by atoms with van der Waals surface area (Å²) in [7, 11) is 0. The molecule has 0 atom stereocenters. The zero-order chi connectivity index (χ0) is 19.8. The van der Waals surface area contributed by atoms with E-state index < -0.39 is 11.8 Å². The third-order valence-electron chi connectivity index (χ3n) is 4.02. The fraction of sp³-hybridized carbons (Fsp3) is 0.0435. The fourth-order valence-corrected chi connectivity index (χ4v) is 2.65. The largest absolute Gasteiger partial charge is 0.490 e. The van der Waals surface area contributed by atoms with Gasteiger partial charge in [0.2, 0.25) is 0 Å². The van der Waals surface area contributed by atoms with Crippen molar-refractivity contribution in [3.05, 3.63) is 96.6 Å². The lowest BCUT2D eigenvalue weighted by Crippen LogP contribution is -2.40. The third kappa shape index (κ3) is 4.86. The van der Waals surface area contributed by atoms with Gasteiger partial charge in [0.25, 0.3) is 11.8 Å². The number of rotatable bonds is 6. The van der Waals surface area contributed by atoms with Crippen molar-refractivity contribution >= 4 is 28.7 Å². The number of carbonyl (C=O) groups is 2. The first-order valence-electron chi connectivity index (χ1n) is 8.77. The Bertz CT molecular complexity index is 1020. The molecule has 140 valence electrons. The molecule has 0 aliphatic heterocycles. The Morgan fingerprint density at radius 1 is 0.929 bits per heavy atom. The van der Waals surface area contributed by atoms with Gasteiger partial charge < -0.3 is 4.74 Å². The first kappa shape index (κ1) is 18.9. The van der Waals surface area contributed by atoms with Crippen molar-refractivity contribution < 1.29 is 14.3 Å². The van der Waals surface area contributed by atoms with E-state index in [0.717, 1.165) is 16.3 Å². The van der Waals surface area contributed by atoms with Crippen LogP contribution in [0.5, 0.6) is 5.75 Å². The van der Waals surface area contributed by atoms with Crippen molar-refractivity contribution in [2.75, 3.05) is 6.61 Å². The summed E-state index contributed by atoms with van der Waals surface area (Å²) in [4.78, 5) is 24.1. The predicted molar refractivity (Wildman–Crippen MR) is 111 cm³/mol. The van der Waals surface area contributed by atoms with Gasteiger partial charge >= 0.3 is 0 Å². The second kappa shape index (κ2) is 9.19. The Hall–Kier alpha value is -3.86. The van der Waals surface area contributed by atoms with Gasteiger partial charge in [-0.25, -0.2) is 0 Å². The molecule has 3 aromatic carbocycles. The molecule has 3 rings (SSSR count). The van der Waals surface area contributed by atoms with Crippen molar-refractivity contribution in [2.45, 2.75) is 0 Å². The van der Waals surface area contributed by atoms with Crippen LogP contribution in [-0.2, 0) is 4.79 Å². The highest BCUT2D eigenvalue weighted by Gasteiger charge is 2.06. The molecule has 0 fully saturated rings. The standard InChI is InChI=1S/C23H20N2O3/c1-2-16-28-20-13-10-19(11-14-20)23(27)25-24-22(26)15-12-18-8-5-7-17-6-3-4-9-21(17)18/h2-15H,1,16H2,(H,24,26)(H,25,27)/b15-12+. The Balaban J connectivity index is 1.57. The zero-order valence-electron chi connectivity index (χ0n) is 15.2. The number of carbonyl (C=O) groups excluding carboxylic acids is 2. The molecular weight excluding hydrogens is 352 g/mol. The number of hydrogen-bond acceptors (Lipinski definition) is 3. The van der Waals surface area contributed by atoms with Gasteiger partial charge in [0.1, 0.15) is 12.4 Å². The van der Waals surface area contributed by atoms with Crippen molar-refractivity contribution in [1.29, 1.82) is 0 Å². The van der Waals surface area contributed by atoms with Crippen LogP contribution in [0.15, 0.2) is 85.5 Å². The Morgan fingerprint density at radius 2 is 1.68 bits per heavy atom. The summed E-state index contributed by atoms with van der Waals surface area (Å²) in [5.74, 6) is -0.201. The highest BCUT2D eigenvalue weighted by Crippen LogP contribution is 2.19. The van der Waals surface area contributed by atoms with Crippen LogP contribution in [0.4, 0.5) is 0 Å². The summed E-state index contributed by atoms with van der Waals surface area (Å²) in [6, 6.07) is 20.4. The molecule has 0 spiro atoms. The van der Waals surface area contributed by atoms with Crippen LogP contribution in [0.3, 0.4) is 0 Å². The van der Waals surface area contributed by atoms with Crippen LogP contribution < -0.4 is 15.6 Å². The van der Waals surface area contributed by atoms with E-state index in [0.29, 0.717) is 17.9 Å². The summed E-state index contributed by atoms with van der Waals surface area (Å²) in [5, 5.41) is 2.15. The molecule has 3 aromatic rings. The maximum Gasteiger partial charge on any atom is 0.269 e. The lowest BCUT2D eigenvalue weighted by atomic mass is 10.0. The molecule has 2 amide bonds. The Morgan fingerprint density at radius 3 is 2.46 bits per heavy atom. The molecule has 0 heterocycles. The molecule has 28 heavy (non-hydrogen) atoms. The van der Waals surface area contributed by atoms with Gasteiger partial charge in [-0.05, 0) is 46.7 Å². The first-order chi connectivity index (χ1) is 13.7. The van der Waals surface area contributed by atoms with Gasteiger partial charge in [-0.1, -0.05) is 55.1 Å². The Labute approximate surface area is 163 Å². The molecule has 0 saturated heterocycles. The topological polar surface area (TPSA) is 67.4 Å². The molecule has 0 aliphatic rings. The van der Waals surface area contributed by atoms with Crippen molar-refractivity contribution in [3.8, 4) is 5.75 Å². The molecule has 0 radical (unpaired) electrons. The molecule has 0 unspecified atom stereocenters. The molecule has 0 aliphatic carbocycles. The number of hydrazine groups is 1. The van der Waals surface area contributed by atoms with Gasteiger partial charge in [-0.3, -0.25) is 20.4 Å². The summed E-state index contributed by atoms with van der Waals surface area (Å²) < 4.78 is 5.36. The molecule has 5 nitrogen and oxygen atoms in total. The highest BCUT2D eigenvalue weighted by atomic mass is 16.5. The SMILES string of the molecule is C=CCOc1ccc(C(=O)NNC(=O)/C=C/c2cccc3ccccc23)cc1. The lowest BCUT2D eigenvalue weighted by molar-refractivity contribution is -0.117. The molecule has 2 N–H and O–H groups in total. The monoisotopic (exact) mass is 372 g/mol. The number of benzene rings is 3. The third-order valence-corrected chi connectivity index (χ3v) is 4.02. The second-order valence-electron chi connectivity index (χ2n) is 5.97. The van der Waals surface area contributed by atoms with Gasteiger partial charge in [-0.15, -0.1) is 0 Å². The molecule has 5 heteroatoms. The van der Waals surface area contributed by atoms with Crippen molar-refractivity contribution in [3.63, 3.8) is 0 Å². The number of fused-ring (bicyclic) bond motifs is 1. The van der Waals surface area contributed by atoms with Crippen LogP contribution in [0.1, 0.15) is 15.9 Å². The average Bonchev–Trinajstić information content (AvgIpc) is 2.74. The molecule has 0 bridgehead atoms. The van der Waals surface area contributed by atoms with E-state index in [1.165, 1.54) is 6.08 Å². The minimum absolute atomic E-state index is 0.393. The molecule has 0 saturated carbocycles. The maximum atomic E-state index is 12.1. The summed E-state index contributed by atoms with van der Waals surface area (Å²) >= 11 is 0. The number of hydrogen-bond donors (Lipinski definition) is 2. The zero-order valence-corrected chi connectivity index (χ0v) is 15.2. The average molecular weight is 372 g/mol. The second-order valence-corrected chi connectivity index (χ2v) is 5.97. The van der Waals surface area contributed by atoms with Gasteiger partial charge in [-0.2, -0.15) is 0 Å². The van der Waals surface area contributed by atoms with Crippen LogP contribution in [0, 0.1) is 0 Å². The van der Waals surface area contributed by atoms with E-state index in [-0.39, 0.29) is 0 Å². The minimum Gasteiger partial charge on any atom is -0.490 e. The number of amides is 2. The fourth-order valence-electron chi connectivity index (χ4n) is 2.65. The van der Waals surface area contributed by atoms with E-state index in [9.17, 15) is 9.59 Å². The van der Waals surface area contributed by atoms with E-state index in [1.807, 2.05) is 42.5 Å². The summed E-state index contributed by atoms with van der Waals surface area (Å²) in [6.07, 6.45) is 4.74. The van der Waals surface area contributed by atoms with Gasteiger partial charge in [0, 0.05) is 11.6 Å². The normalized spacial score (nSPS) is 10.6. The van der Waals surface area contributed by atoms with E-state index >= 15 is 0 Å². The van der Waals surface area contributed by atoms with E-state index in [4.69, 9.17) is 4.74 Å². The molecule has 0 aromatic heterocycles. The first-order valence-corrected chi connectivity index (χ1v) is 8.77. The van der Waals surface area contributed by atoms with E-state index in [2.05, 4.69) is 17.4 Å². The maximum absolute atomic E-state index is 12.1. The van der Waals surface area contributed by atoms with Crippen LogP contribution >= 0.6 is 0 Å². The number of ether oxygens (including phenoxy) is 1. The smallest absolute Gasteiger partial charge is 0.269 e. The van der Waals surface area contributed by atoms with Crippen molar-refractivity contribution in [1.82, 2.24) is 10.9 Å². The van der Waals surface area contributed by atoms with Crippen LogP contribution in [0.2, 0.25) is 0 Å². The summed E-state index contributed by atoms with van der Waals surface area (Å²) in [5.41, 5.74) is 6.10. The van der Waals surface area contributed by atoms with Gasteiger partial charge in [0.15, 0.2) is 0 Å². The lowest BCUT2D eigenvalue weighted by Gasteiger charge is -2.07. The minimum atomic E-state index is -0.424. The number of nitrogens with one attached hydrogen (secondary N) is 2. The van der Waals surface area contributed by atoms with Gasteiger partial charge in [0.05, 0.1) is 0 Å². The quantitative estimate of drug-likeness (QED) is 0.392. The molecular formula is C23H20N2O3. The van der Waals surface area contributed by atoms with Crippen LogP contribution in [-0.4, -0.2) is 18.4 Å². The summed E-state index contributed by atoms with van der Waals surface area (Å²) in [6.45, 7) is 3.97.